The maximum atomic E-state index is 13.6. The largest absolute Gasteiger partial charge is 0.353 e. The molecule has 1 saturated heterocycles. The molecule has 0 N–H and O–H groups in total. The first-order valence-electron chi connectivity index (χ1n) is 8.65. The average Bonchev–Trinajstić information content (AvgIpc) is 2.63. The Morgan fingerprint density at radius 3 is 2.58 bits per heavy atom. The number of hydrogen-bond acceptors (Lipinski definition) is 4. The van der Waals surface area contributed by atoms with Gasteiger partial charge in [-0.15, -0.1) is 11.6 Å². The number of amides is 1. The van der Waals surface area contributed by atoms with Crippen LogP contribution in [0.15, 0.2) is 24.3 Å². The van der Waals surface area contributed by atoms with Gasteiger partial charge in [0.1, 0.15) is 23.3 Å². The number of alkyl halides is 1. The van der Waals surface area contributed by atoms with Gasteiger partial charge < -0.3 is 9.80 Å². The summed E-state index contributed by atoms with van der Waals surface area (Å²) in [5, 5.41) is 0. The summed E-state index contributed by atoms with van der Waals surface area (Å²) in [5.41, 5.74) is 2.78. The fourth-order valence-corrected chi connectivity index (χ4v) is 3.46. The third kappa shape index (κ3) is 4.12. The molecule has 1 aromatic carbocycles. The smallest absolute Gasteiger partial charge is 0.237 e. The van der Waals surface area contributed by atoms with E-state index in [0.29, 0.717) is 38.4 Å². The van der Waals surface area contributed by atoms with Gasteiger partial charge in [-0.05, 0) is 31.5 Å². The molecule has 0 radical (unpaired) electrons. The fraction of sp³-hybridized carbons (Fsp3) is 0.421. The minimum absolute atomic E-state index is 0.0105. The Balaban J connectivity index is 1.86. The number of aryl methyl sites for hydroxylation is 2. The Bertz CT molecular complexity index is 806. The zero-order valence-corrected chi connectivity index (χ0v) is 15.8. The van der Waals surface area contributed by atoms with E-state index < -0.39 is 0 Å². The van der Waals surface area contributed by atoms with Crippen LogP contribution in [0.5, 0.6) is 0 Å². The van der Waals surface area contributed by atoms with Gasteiger partial charge in [0.25, 0.3) is 0 Å². The number of rotatable bonds is 4. The van der Waals surface area contributed by atoms with Crippen LogP contribution >= 0.6 is 11.6 Å². The molecule has 0 saturated carbocycles. The summed E-state index contributed by atoms with van der Waals surface area (Å²) in [4.78, 5) is 24.9. The number of nitrogens with zero attached hydrogens (tertiary/aromatic N) is 4. The van der Waals surface area contributed by atoms with E-state index in [1.54, 1.807) is 17.0 Å². The third-order valence-corrected chi connectivity index (χ3v) is 4.85. The molecule has 0 aliphatic carbocycles. The Labute approximate surface area is 157 Å². The van der Waals surface area contributed by atoms with Gasteiger partial charge in [0, 0.05) is 43.9 Å². The molecule has 0 spiro atoms. The molecule has 1 amide bonds. The van der Waals surface area contributed by atoms with E-state index in [2.05, 4.69) is 14.9 Å². The maximum Gasteiger partial charge on any atom is 0.237 e. The fourth-order valence-electron chi connectivity index (χ4n) is 3.29. The van der Waals surface area contributed by atoms with Gasteiger partial charge in [-0.3, -0.25) is 4.79 Å². The van der Waals surface area contributed by atoms with Gasteiger partial charge in [0.15, 0.2) is 0 Å². The molecule has 26 heavy (non-hydrogen) atoms. The van der Waals surface area contributed by atoms with E-state index >= 15 is 0 Å². The highest BCUT2D eigenvalue weighted by atomic mass is 35.5. The predicted octanol–water partition coefficient (Wildman–Crippen LogP) is 2.71. The normalized spacial score (nSPS) is 14.6. The van der Waals surface area contributed by atoms with Crippen LogP contribution in [-0.2, 0) is 11.2 Å². The van der Waals surface area contributed by atoms with Crippen molar-refractivity contribution in [2.24, 2.45) is 0 Å². The van der Waals surface area contributed by atoms with Gasteiger partial charge >= 0.3 is 0 Å². The van der Waals surface area contributed by atoms with Crippen LogP contribution in [0.2, 0.25) is 0 Å². The molecule has 5 nitrogen and oxygen atoms in total. The van der Waals surface area contributed by atoms with Crippen molar-refractivity contribution in [3.63, 3.8) is 0 Å². The summed E-state index contributed by atoms with van der Waals surface area (Å²) in [6, 6.07) is 6.60. The van der Waals surface area contributed by atoms with E-state index in [1.807, 2.05) is 19.9 Å². The first-order chi connectivity index (χ1) is 12.5. The molecular weight excluding hydrogens is 355 g/mol. The number of hydrogen-bond donors (Lipinski definition) is 0. The van der Waals surface area contributed by atoms with Crippen LogP contribution in [0, 0.1) is 19.7 Å². The number of carbonyl (C=O) groups is 1. The summed E-state index contributed by atoms with van der Waals surface area (Å²) in [6.07, 6.45) is 0.569. The summed E-state index contributed by atoms with van der Waals surface area (Å²) in [7, 11) is 0. The Morgan fingerprint density at radius 2 is 1.92 bits per heavy atom. The van der Waals surface area contributed by atoms with Crippen LogP contribution in [-0.4, -0.2) is 52.8 Å². The Morgan fingerprint density at radius 1 is 1.19 bits per heavy atom. The molecule has 0 unspecified atom stereocenters. The Kier molecular flexibility index (Phi) is 5.71. The SMILES string of the molecule is Cc1nc(C)c(Cc2cccc(F)c2)c(N2CCN(C(=O)CCl)CC2)n1. The molecule has 2 heterocycles. The number of carbonyl (C=O) groups excluding carboxylic acids is 1. The predicted molar refractivity (Wildman–Crippen MR) is 100 cm³/mol. The zero-order chi connectivity index (χ0) is 18.7. The van der Waals surface area contributed by atoms with Gasteiger partial charge in [-0.1, -0.05) is 12.1 Å². The van der Waals surface area contributed by atoms with Gasteiger partial charge in [0.2, 0.25) is 5.91 Å². The highest BCUT2D eigenvalue weighted by Crippen LogP contribution is 2.25. The van der Waals surface area contributed by atoms with E-state index in [4.69, 9.17) is 11.6 Å². The van der Waals surface area contributed by atoms with Crippen molar-refractivity contribution in [3.8, 4) is 0 Å². The first kappa shape index (κ1) is 18.6. The topological polar surface area (TPSA) is 49.3 Å². The molecule has 1 aromatic heterocycles. The van der Waals surface area contributed by atoms with Crippen molar-refractivity contribution in [1.82, 2.24) is 14.9 Å². The lowest BCUT2D eigenvalue weighted by Crippen LogP contribution is -2.49. The van der Waals surface area contributed by atoms with Crippen molar-refractivity contribution in [3.05, 3.63) is 52.7 Å². The highest BCUT2D eigenvalue weighted by molar-refractivity contribution is 6.27. The van der Waals surface area contributed by atoms with E-state index in [0.717, 1.165) is 22.6 Å². The lowest BCUT2D eigenvalue weighted by molar-refractivity contribution is -0.128. The van der Waals surface area contributed by atoms with Crippen LogP contribution in [0.25, 0.3) is 0 Å². The number of anilines is 1. The van der Waals surface area contributed by atoms with Crippen LogP contribution in [0.3, 0.4) is 0 Å². The first-order valence-corrected chi connectivity index (χ1v) is 9.18. The highest BCUT2D eigenvalue weighted by Gasteiger charge is 2.24. The van der Waals surface area contributed by atoms with Gasteiger partial charge in [-0.25, -0.2) is 14.4 Å². The molecule has 0 atom stereocenters. The molecule has 138 valence electrons. The number of aromatic nitrogens is 2. The lowest BCUT2D eigenvalue weighted by atomic mass is 10.0. The minimum Gasteiger partial charge on any atom is -0.353 e. The second-order valence-corrected chi connectivity index (χ2v) is 6.73. The monoisotopic (exact) mass is 376 g/mol. The van der Waals surface area contributed by atoms with Gasteiger partial charge in [-0.2, -0.15) is 0 Å². The van der Waals surface area contributed by atoms with E-state index in [9.17, 15) is 9.18 Å². The van der Waals surface area contributed by atoms with Gasteiger partial charge in [0.05, 0.1) is 0 Å². The zero-order valence-electron chi connectivity index (χ0n) is 15.0. The van der Waals surface area contributed by atoms with E-state index in [1.165, 1.54) is 6.07 Å². The quantitative estimate of drug-likeness (QED) is 0.770. The van der Waals surface area contributed by atoms with Crippen LogP contribution < -0.4 is 4.90 Å². The molecule has 3 rings (SSSR count). The molecular formula is C19H22ClFN4O. The number of piperazine rings is 1. The molecule has 1 fully saturated rings. The molecule has 2 aromatic rings. The van der Waals surface area contributed by atoms with Crippen LogP contribution in [0.1, 0.15) is 22.6 Å². The summed E-state index contributed by atoms with van der Waals surface area (Å²) >= 11 is 5.65. The molecule has 1 aliphatic rings. The number of benzene rings is 1. The summed E-state index contributed by atoms with van der Waals surface area (Å²) < 4.78 is 13.6. The van der Waals surface area contributed by atoms with Crippen LogP contribution in [0.4, 0.5) is 10.2 Å². The number of halogens is 2. The van der Waals surface area contributed by atoms with Crippen molar-refractivity contribution in [2.75, 3.05) is 37.0 Å². The van der Waals surface area contributed by atoms with Crippen molar-refractivity contribution >= 4 is 23.3 Å². The minimum atomic E-state index is -0.247. The summed E-state index contributed by atoms with van der Waals surface area (Å²) in [5.74, 6) is 1.30. The molecule has 0 bridgehead atoms. The maximum absolute atomic E-state index is 13.6. The second-order valence-electron chi connectivity index (χ2n) is 6.47. The molecule has 1 aliphatic heterocycles. The second kappa shape index (κ2) is 7.99. The van der Waals surface area contributed by atoms with Crippen molar-refractivity contribution in [1.29, 1.82) is 0 Å². The van der Waals surface area contributed by atoms with Crippen molar-refractivity contribution < 1.29 is 9.18 Å². The average molecular weight is 377 g/mol. The van der Waals surface area contributed by atoms with E-state index in [-0.39, 0.29) is 17.6 Å². The molecule has 7 heteroatoms. The third-order valence-electron chi connectivity index (χ3n) is 4.62. The Hall–Kier alpha value is -2.21. The van der Waals surface area contributed by atoms with Crippen molar-refractivity contribution in [2.45, 2.75) is 20.3 Å². The standard InChI is InChI=1S/C19H22ClFN4O/c1-13-17(11-15-4-3-5-16(21)10-15)19(23-14(2)22-13)25-8-6-24(7-9-25)18(26)12-20/h3-5,10H,6-9,11-12H2,1-2H3. The lowest BCUT2D eigenvalue weighted by Gasteiger charge is -2.36. The summed E-state index contributed by atoms with van der Waals surface area (Å²) in [6.45, 7) is 6.44.